The summed E-state index contributed by atoms with van der Waals surface area (Å²) < 4.78 is 0. The first-order valence-electron chi connectivity index (χ1n) is 5.16. The van der Waals surface area contributed by atoms with Crippen LogP contribution in [-0.4, -0.2) is 42.1 Å². The van der Waals surface area contributed by atoms with Crippen molar-refractivity contribution in [2.45, 2.75) is 12.8 Å². The van der Waals surface area contributed by atoms with Crippen LogP contribution in [0.3, 0.4) is 0 Å². The highest BCUT2D eigenvalue weighted by Gasteiger charge is 2.10. The Morgan fingerprint density at radius 2 is 1.81 bits per heavy atom. The van der Waals surface area contributed by atoms with Gasteiger partial charge in [-0.1, -0.05) is 24.3 Å². The topological polar surface area (TPSA) is 60.8 Å². The molecule has 1 rings (SSSR count). The first-order valence-corrected chi connectivity index (χ1v) is 5.16. The van der Waals surface area contributed by atoms with Gasteiger partial charge in [0.05, 0.1) is 0 Å². The van der Waals surface area contributed by atoms with Gasteiger partial charge in [-0.3, -0.25) is 4.79 Å². The Labute approximate surface area is 95.7 Å². The fourth-order valence-corrected chi connectivity index (χ4v) is 1.33. The van der Waals surface area contributed by atoms with Crippen molar-refractivity contribution in [1.29, 1.82) is 0 Å². The molecule has 86 valence electrons. The van der Waals surface area contributed by atoms with Crippen LogP contribution in [0.5, 0.6) is 0 Å². The molecule has 2 N–H and O–H groups in total. The first-order chi connectivity index (χ1) is 7.50. The SMILES string of the molecule is CN(C)C(=O)CCc1ccc(B(O)O)cc1. The van der Waals surface area contributed by atoms with Gasteiger partial charge in [0.15, 0.2) is 0 Å². The van der Waals surface area contributed by atoms with Gasteiger partial charge in [-0.15, -0.1) is 0 Å². The van der Waals surface area contributed by atoms with Crippen molar-refractivity contribution in [3.05, 3.63) is 29.8 Å². The van der Waals surface area contributed by atoms with Crippen LogP contribution in [0.2, 0.25) is 0 Å². The van der Waals surface area contributed by atoms with Crippen LogP contribution in [0.25, 0.3) is 0 Å². The Morgan fingerprint density at radius 1 is 1.25 bits per heavy atom. The van der Waals surface area contributed by atoms with Crippen molar-refractivity contribution in [3.8, 4) is 0 Å². The number of carbonyl (C=O) groups excluding carboxylic acids is 1. The van der Waals surface area contributed by atoms with E-state index in [-0.39, 0.29) is 5.91 Å². The molecule has 0 heterocycles. The van der Waals surface area contributed by atoms with Crippen molar-refractivity contribution in [1.82, 2.24) is 4.90 Å². The lowest BCUT2D eigenvalue weighted by atomic mass is 9.80. The molecule has 0 fully saturated rings. The molecule has 0 aliphatic carbocycles. The number of hydrogen-bond acceptors (Lipinski definition) is 3. The number of amides is 1. The highest BCUT2D eigenvalue weighted by molar-refractivity contribution is 6.58. The zero-order valence-corrected chi connectivity index (χ0v) is 9.55. The molecule has 0 saturated carbocycles. The highest BCUT2D eigenvalue weighted by Crippen LogP contribution is 2.02. The third-order valence-electron chi connectivity index (χ3n) is 2.40. The Bertz CT molecular complexity index is 349. The van der Waals surface area contributed by atoms with Gasteiger partial charge < -0.3 is 14.9 Å². The van der Waals surface area contributed by atoms with Crippen LogP contribution >= 0.6 is 0 Å². The first kappa shape index (κ1) is 12.7. The standard InChI is InChI=1S/C11H16BNO3/c1-13(2)11(14)8-5-9-3-6-10(7-4-9)12(15)16/h3-4,6-7,15-16H,5,8H2,1-2H3. The van der Waals surface area contributed by atoms with E-state index in [1.54, 1.807) is 43.3 Å². The van der Waals surface area contributed by atoms with Gasteiger partial charge in [0.25, 0.3) is 0 Å². The van der Waals surface area contributed by atoms with E-state index in [4.69, 9.17) is 10.0 Å². The van der Waals surface area contributed by atoms with Crippen LogP contribution < -0.4 is 5.46 Å². The van der Waals surface area contributed by atoms with Crippen molar-refractivity contribution in [2.75, 3.05) is 14.1 Å². The van der Waals surface area contributed by atoms with E-state index in [1.807, 2.05) is 0 Å². The monoisotopic (exact) mass is 221 g/mol. The molecule has 16 heavy (non-hydrogen) atoms. The zero-order valence-electron chi connectivity index (χ0n) is 9.55. The largest absolute Gasteiger partial charge is 0.488 e. The Kier molecular flexibility index (Phi) is 4.52. The smallest absolute Gasteiger partial charge is 0.423 e. The minimum Gasteiger partial charge on any atom is -0.423 e. The lowest BCUT2D eigenvalue weighted by molar-refractivity contribution is -0.128. The average molecular weight is 221 g/mol. The van der Waals surface area contributed by atoms with E-state index in [0.717, 1.165) is 5.56 Å². The predicted octanol–water partition coefficient (Wildman–Crippen LogP) is -0.613. The summed E-state index contributed by atoms with van der Waals surface area (Å²) >= 11 is 0. The van der Waals surface area contributed by atoms with E-state index in [1.165, 1.54) is 0 Å². The second kappa shape index (κ2) is 5.68. The maximum absolute atomic E-state index is 11.3. The third kappa shape index (κ3) is 3.68. The molecule has 5 heteroatoms. The molecule has 0 aromatic heterocycles. The van der Waals surface area contributed by atoms with Crippen molar-refractivity contribution in [2.24, 2.45) is 0 Å². The Balaban J connectivity index is 2.53. The second-order valence-corrected chi connectivity index (χ2v) is 3.90. The van der Waals surface area contributed by atoms with E-state index in [0.29, 0.717) is 18.3 Å². The fraction of sp³-hybridized carbons (Fsp3) is 0.364. The van der Waals surface area contributed by atoms with Crippen molar-refractivity contribution in [3.63, 3.8) is 0 Å². The Morgan fingerprint density at radius 3 is 2.25 bits per heavy atom. The van der Waals surface area contributed by atoms with Gasteiger partial charge in [-0.2, -0.15) is 0 Å². The molecule has 0 atom stereocenters. The van der Waals surface area contributed by atoms with Crippen molar-refractivity contribution < 1.29 is 14.8 Å². The molecule has 1 amide bonds. The summed E-state index contributed by atoms with van der Waals surface area (Å²) in [5.41, 5.74) is 1.47. The molecule has 0 aliphatic heterocycles. The minimum atomic E-state index is -1.43. The van der Waals surface area contributed by atoms with Crippen LogP contribution in [0, 0.1) is 0 Å². The van der Waals surface area contributed by atoms with E-state index >= 15 is 0 Å². The molecule has 4 nitrogen and oxygen atoms in total. The van der Waals surface area contributed by atoms with Crippen LogP contribution in [0.4, 0.5) is 0 Å². The van der Waals surface area contributed by atoms with Gasteiger partial charge in [0.1, 0.15) is 0 Å². The molecule has 0 bridgehead atoms. The summed E-state index contributed by atoms with van der Waals surface area (Å²) in [6, 6.07) is 6.91. The van der Waals surface area contributed by atoms with E-state index < -0.39 is 7.12 Å². The van der Waals surface area contributed by atoms with E-state index in [9.17, 15) is 4.79 Å². The van der Waals surface area contributed by atoms with Crippen molar-refractivity contribution >= 4 is 18.5 Å². The summed E-state index contributed by atoms with van der Waals surface area (Å²) in [5, 5.41) is 17.8. The number of carbonyl (C=O) groups is 1. The molecule has 1 aromatic carbocycles. The number of rotatable bonds is 4. The maximum atomic E-state index is 11.3. The lowest BCUT2D eigenvalue weighted by Crippen LogP contribution is -2.29. The quantitative estimate of drug-likeness (QED) is 0.666. The lowest BCUT2D eigenvalue weighted by Gasteiger charge is -2.09. The second-order valence-electron chi connectivity index (χ2n) is 3.90. The van der Waals surface area contributed by atoms with Crippen LogP contribution in [0.15, 0.2) is 24.3 Å². The Hall–Kier alpha value is -1.33. The van der Waals surface area contributed by atoms with Crippen LogP contribution in [0.1, 0.15) is 12.0 Å². The van der Waals surface area contributed by atoms with Gasteiger partial charge in [0.2, 0.25) is 5.91 Å². The van der Waals surface area contributed by atoms with Crippen LogP contribution in [-0.2, 0) is 11.2 Å². The molecular weight excluding hydrogens is 205 g/mol. The zero-order chi connectivity index (χ0) is 12.1. The summed E-state index contributed by atoms with van der Waals surface area (Å²) in [7, 11) is 2.03. The molecular formula is C11H16BNO3. The van der Waals surface area contributed by atoms with Gasteiger partial charge >= 0.3 is 7.12 Å². The molecule has 0 radical (unpaired) electrons. The number of nitrogens with zero attached hydrogens (tertiary/aromatic N) is 1. The molecule has 0 aliphatic rings. The molecule has 1 aromatic rings. The number of benzene rings is 1. The van der Waals surface area contributed by atoms with Gasteiger partial charge in [-0.25, -0.2) is 0 Å². The normalized spacial score (nSPS) is 10.0. The molecule has 0 spiro atoms. The summed E-state index contributed by atoms with van der Waals surface area (Å²) in [6.45, 7) is 0. The number of hydrogen-bond donors (Lipinski definition) is 2. The van der Waals surface area contributed by atoms with Gasteiger partial charge in [-0.05, 0) is 17.4 Å². The fourth-order valence-electron chi connectivity index (χ4n) is 1.33. The van der Waals surface area contributed by atoms with E-state index in [2.05, 4.69) is 0 Å². The average Bonchev–Trinajstić information content (AvgIpc) is 2.26. The maximum Gasteiger partial charge on any atom is 0.488 e. The third-order valence-corrected chi connectivity index (χ3v) is 2.40. The summed E-state index contributed by atoms with van der Waals surface area (Å²) in [4.78, 5) is 12.9. The predicted molar refractivity (Wildman–Crippen MR) is 63.3 cm³/mol. The molecule has 0 saturated heterocycles. The highest BCUT2D eigenvalue weighted by atomic mass is 16.4. The number of aryl methyl sites for hydroxylation is 1. The van der Waals surface area contributed by atoms with Gasteiger partial charge in [0, 0.05) is 20.5 Å². The summed E-state index contributed by atoms with van der Waals surface area (Å²) in [6.07, 6.45) is 1.13. The summed E-state index contributed by atoms with van der Waals surface area (Å²) in [5.74, 6) is 0.0891. The minimum absolute atomic E-state index is 0.0891. The molecule has 0 unspecified atom stereocenters.